The highest BCUT2D eigenvalue weighted by atomic mass is 16.5. The molecule has 6 heteroatoms. The van der Waals surface area contributed by atoms with E-state index in [0.29, 0.717) is 12.6 Å². The molecule has 1 atom stereocenters. The molecule has 0 spiro atoms. The van der Waals surface area contributed by atoms with E-state index in [-0.39, 0.29) is 6.10 Å². The number of nitrogens with one attached hydrogen (secondary N) is 1. The molecular weight excluding hydrogens is 220 g/mol. The Balaban J connectivity index is 1.94. The van der Waals surface area contributed by atoms with E-state index >= 15 is 0 Å². The van der Waals surface area contributed by atoms with Gasteiger partial charge in [0.25, 0.3) is 0 Å². The van der Waals surface area contributed by atoms with Gasteiger partial charge in [0.05, 0.1) is 6.61 Å². The summed E-state index contributed by atoms with van der Waals surface area (Å²) in [4.78, 5) is 6.43. The molecule has 1 aromatic heterocycles. The van der Waals surface area contributed by atoms with Gasteiger partial charge in [0.15, 0.2) is 5.82 Å². The molecule has 1 fully saturated rings. The summed E-state index contributed by atoms with van der Waals surface area (Å²) in [6.45, 7) is 2.26. The molecule has 1 unspecified atom stereocenters. The summed E-state index contributed by atoms with van der Waals surface area (Å²) in [5, 5.41) is 7.16. The average molecular weight is 240 g/mol. The van der Waals surface area contributed by atoms with Gasteiger partial charge in [0, 0.05) is 27.3 Å². The van der Waals surface area contributed by atoms with Crippen molar-refractivity contribution in [1.82, 2.24) is 15.2 Å². The van der Waals surface area contributed by atoms with Crippen molar-refractivity contribution in [2.24, 2.45) is 0 Å². The normalized spacial score (nSPS) is 20.5. The van der Waals surface area contributed by atoms with E-state index in [1.165, 1.54) is 6.42 Å². The molecule has 0 bridgehead atoms. The molecule has 17 heavy (non-hydrogen) atoms. The number of H-pyrrole nitrogens is 1. The Morgan fingerprint density at radius 1 is 1.53 bits per heavy atom. The molecule has 0 saturated carbocycles. The molecule has 6 nitrogen and oxygen atoms in total. The van der Waals surface area contributed by atoms with Crippen LogP contribution in [0.15, 0.2) is 0 Å². The standard InChI is InChI=1S/C11H20N4O2/c1-15(6-8-16-2)11-12-10(13-14-11)9-5-3-4-7-17-9/h9H,3-8H2,1-2H3,(H,12,13,14). The fourth-order valence-electron chi connectivity index (χ4n) is 1.86. The maximum Gasteiger partial charge on any atom is 0.244 e. The molecule has 2 rings (SSSR count). The zero-order chi connectivity index (χ0) is 12.1. The summed E-state index contributed by atoms with van der Waals surface area (Å²) in [6.07, 6.45) is 3.45. The second-order valence-corrected chi connectivity index (χ2v) is 4.29. The number of hydrogen-bond donors (Lipinski definition) is 1. The largest absolute Gasteiger partial charge is 0.383 e. The fourth-order valence-corrected chi connectivity index (χ4v) is 1.86. The van der Waals surface area contributed by atoms with Gasteiger partial charge >= 0.3 is 0 Å². The zero-order valence-electron chi connectivity index (χ0n) is 10.5. The molecule has 0 amide bonds. The highest BCUT2D eigenvalue weighted by Gasteiger charge is 2.20. The number of aromatic amines is 1. The second-order valence-electron chi connectivity index (χ2n) is 4.29. The third kappa shape index (κ3) is 3.17. The first kappa shape index (κ1) is 12.3. The van der Waals surface area contributed by atoms with Crippen LogP contribution in [-0.2, 0) is 9.47 Å². The lowest BCUT2D eigenvalue weighted by Crippen LogP contribution is -2.23. The number of ether oxygens (including phenoxy) is 2. The van der Waals surface area contributed by atoms with Crippen LogP contribution >= 0.6 is 0 Å². The van der Waals surface area contributed by atoms with Crippen LogP contribution in [0.1, 0.15) is 31.2 Å². The maximum atomic E-state index is 5.66. The first-order chi connectivity index (χ1) is 8.31. The van der Waals surface area contributed by atoms with Gasteiger partial charge in [-0.3, -0.25) is 5.10 Å². The van der Waals surface area contributed by atoms with E-state index in [1.807, 2.05) is 11.9 Å². The summed E-state index contributed by atoms with van der Waals surface area (Å²) >= 11 is 0. The SMILES string of the molecule is COCCN(C)c1n[nH]c(C2CCCCO2)n1. The highest BCUT2D eigenvalue weighted by molar-refractivity contribution is 5.27. The summed E-state index contributed by atoms with van der Waals surface area (Å²) in [7, 11) is 3.64. The average Bonchev–Trinajstić information content (AvgIpc) is 2.86. The van der Waals surface area contributed by atoms with E-state index in [9.17, 15) is 0 Å². The van der Waals surface area contributed by atoms with Crippen LogP contribution in [0.25, 0.3) is 0 Å². The first-order valence-corrected chi connectivity index (χ1v) is 6.05. The van der Waals surface area contributed by atoms with Crippen LogP contribution in [0.3, 0.4) is 0 Å². The predicted molar refractivity (Wildman–Crippen MR) is 64.1 cm³/mol. The van der Waals surface area contributed by atoms with Gasteiger partial charge < -0.3 is 14.4 Å². The number of hydrogen-bond acceptors (Lipinski definition) is 5. The number of rotatable bonds is 5. The summed E-state index contributed by atoms with van der Waals surface area (Å²) in [5.74, 6) is 1.54. The Bertz CT molecular complexity index is 336. The van der Waals surface area contributed by atoms with Crippen molar-refractivity contribution in [2.75, 3.05) is 38.8 Å². The lowest BCUT2D eigenvalue weighted by molar-refractivity contribution is 0.00969. The van der Waals surface area contributed by atoms with Gasteiger partial charge in [-0.1, -0.05) is 0 Å². The Kier molecular flexibility index (Phi) is 4.33. The van der Waals surface area contributed by atoms with Gasteiger partial charge in [-0.15, -0.1) is 5.10 Å². The third-order valence-corrected chi connectivity index (χ3v) is 2.95. The van der Waals surface area contributed by atoms with Gasteiger partial charge in [-0.05, 0) is 19.3 Å². The van der Waals surface area contributed by atoms with Crippen molar-refractivity contribution in [3.05, 3.63) is 5.82 Å². The van der Waals surface area contributed by atoms with Gasteiger partial charge in [0.1, 0.15) is 6.10 Å². The monoisotopic (exact) mass is 240 g/mol. The summed E-state index contributed by atoms with van der Waals surface area (Å²) < 4.78 is 10.7. The Morgan fingerprint density at radius 2 is 2.41 bits per heavy atom. The number of methoxy groups -OCH3 is 1. The fraction of sp³-hybridized carbons (Fsp3) is 0.818. The maximum absolute atomic E-state index is 5.66. The molecule has 1 N–H and O–H groups in total. The molecule has 1 aliphatic heterocycles. The van der Waals surface area contributed by atoms with Gasteiger partial charge in [-0.2, -0.15) is 4.98 Å². The minimum atomic E-state index is 0.0841. The quantitative estimate of drug-likeness (QED) is 0.836. The van der Waals surface area contributed by atoms with E-state index in [4.69, 9.17) is 9.47 Å². The number of anilines is 1. The molecule has 96 valence electrons. The van der Waals surface area contributed by atoms with Crippen LogP contribution in [0, 0.1) is 0 Å². The minimum absolute atomic E-state index is 0.0841. The van der Waals surface area contributed by atoms with Crippen LogP contribution in [0.4, 0.5) is 5.95 Å². The third-order valence-electron chi connectivity index (χ3n) is 2.95. The van der Waals surface area contributed by atoms with Gasteiger partial charge in [-0.25, -0.2) is 0 Å². The zero-order valence-corrected chi connectivity index (χ0v) is 10.5. The molecule has 0 aliphatic carbocycles. The van der Waals surface area contributed by atoms with Crippen molar-refractivity contribution in [3.8, 4) is 0 Å². The van der Waals surface area contributed by atoms with E-state index in [2.05, 4.69) is 15.2 Å². The van der Waals surface area contributed by atoms with Crippen molar-refractivity contribution >= 4 is 5.95 Å². The second kappa shape index (κ2) is 5.97. The van der Waals surface area contributed by atoms with Crippen molar-refractivity contribution in [1.29, 1.82) is 0 Å². The first-order valence-electron chi connectivity index (χ1n) is 6.05. The summed E-state index contributed by atoms with van der Waals surface area (Å²) in [6, 6.07) is 0. The highest BCUT2D eigenvalue weighted by Crippen LogP contribution is 2.25. The molecule has 0 radical (unpaired) electrons. The number of aromatic nitrogens is 3. The Labute approximate surface area is 101 Å². The number of likely N-dealkylation sites (N-methyl/N-ethyl adjacent to an activating group) is 1. The minimum Gasteiger partial charge on any atom is -0.383 e. The smallest absolute Gasteiger partial charge is 0.244 e. The molecule has 0 aromatic carbocycles. The predicted octanol–water partition coefficient (Wildman–Crippen LogP) is 1.13. The van der Waals surface area contributed by atoms with Crippen LogP contribution < -0.4 is 4.90 Å². The molecule has 1 aromatic rings. The van der Waals surface area contributed by atoms with Crippen LogP contribution in [0.5, 0.6) is 0 Å². The van der Waals surface area contributed by atoms with E-state index < -0.39 is 0 Å². The van der Waals surface area contributed by atoms with Crippen molar-refractivity contribution in [3.63, 3.8) is 0 Å². The lowest BCUT2D eigenvalue weighted by atomic mass is 10.1. The van der Waals surface area contributed by atoms with Gasteiger partial charge in [0.2, 0.25) is 5.95 Å². The Hall–Kier alpha value is -1.14. The number of nitrogens with zero attached hydrogens (tertiary/aromatic N) is 3. The van der Waals surface area contributed by atoms with Crippen LogP contribution in [0.2, 0.25) is 0 Å². The Morgan fingerprint density at radius 3 is 3.12 bits per heavy atom. The summed E-state index contributed by atoms with van der Waals surface area (Å²) in [5.41, 5.74) is 0. The van der Waals surface area contributed by atoms with E-state index in [0.717, 1.165) is 31.8 Å². The van der Waals surface area contributed by atoms with Crippen molar-refractivity contribution in [2.45, 2.75) is 25.4 Å². The molecular formula is C11H20N4O2. The lowest BCUT2D eigenvalue weighted by Gasteiger charge is -2.20. The molecule has 2 heterocycles. The molecule has 1 aliphatic rings. The van der Waals surface area contributed by atoms with Crippen molar-refractivity contribution < 1.29 is 9.47 Å². The molecule has 1 saturated heterocycles. The topological polar surface area (TPSA) is 63.3 Å². The van der Waals surface area contributed by atoms with E-state index in [1.54, 1.807) is 7.11 Å². The van der Waals surface area contributed by atoms with Crippen LogP contribution in [-0.4, -0.2) is 49.1 Å².